The largest absolute Gasteiger partial charge is 0.416 e. The van der Waals surface area contributed by atoms with Crippen LogP contribution in [-0.2, 0) is 10.9 Å². The van der Waals surface area contributed by atoms with E-state index in [9.17, 15) is 13.2 Å². The molecule has 1 aliphatic carbocycles. The van der Waals surface area contributed by atoms with Gasteiger partial charge in [-0.05, 0) is 43.4 Å². The number of nitrogens with one attached hydrogen (secondary N) is 1. The molecule has 0 saturated heterocycles. The maximum atomic E-state index is 13.2. The van der Waals surface area contributed by atoms with Crippen LogP contribution < -0.4 is 5.32 Å². The zero-order valence-corrected chi connectivity index (χ0v) is 12.4. The summed E-state index contributed by atoms with van der Waals surface area (Å²) >= 11 is 0. The summed E-state index contributed by atoms with van der Waals surface area (Å²) in [6.07, 6.45) is -1.63. The van der Waals surface area contributed by atoms with Gasteiger partial charge in [-0.3, -0.25) is 0 Å². The topological polar surface area (TPSA) is 21.3 Å². The van der Waals surface area contributed by atoms with Crippen LogP contribution in [0.15, 0.2) is 24.3 Å². The first kappa shape index (κ1) is 16.3. The van der Waals surface area contributed by atoms with E-state index in [4.69, 9.17) is 4.74 Å². The minimum atomic E-state index is -4.34. The third-order valence-electron chi connectivity index (χ3n) is 3.90. The van der Waals surface area contributed by atoms with Crippen molar-refractivity contribution in [3.05, 3.63) is 35.4 Å². The van der Waals surface area contributed by atoms with Crippen molar-refractivity contribution >= 4 is 0 Å². The van der Waals surface area contributed by atoms with E-state index in [1.54, 1.807) is 19.2 Å². The number of halogens is 3. The van der Waals surface area contributed by atoms with Gasteiger partial charge in [-0.1, -0.05) is 25.1 Å². The lowest BCUT2D eigenvalue weighted by Gasteiger charge is -2.29. The summed E-state index contributed by atoms with van der Waals surface area (Å²) in [5.41, 5.74) is -0.279. The van der Waals surface area contributed by atoms with Crippen molar-refractivity contribution in [1.29, 1.82) is 0 Å². The number of hydrogen-bond acceptors (Lipinski definition) is 2. The first-order valence-corrected chi connectivity index (χ1v) is 7.41. The van der Waals surface area contributed by atoms with Gasteiger partial charge in [0.15, 0.2) is 0 Å². The van der Waals surface area contributed by atoms with Crippen LogP contribution in [-0.4, -0.2) is 19.8 Å². The van der Waals surface area contributed by atoms with Crippen LogP contribution in [0.5, 0.6) is 0 Å². The van der Waals surface area contributed by atoms with Crippen molar-refractivity contribution in [3.8, 4) is 0 Å². The molecule has 1 N–H and O–H groups in total. The molecule has 2 nitrogen and oxygen atoms in total. The number of rotatable bonds is 7. The predicted octanol–water partition coefficient (Wildman–Crippen LogP) is 4.17. The van der Waals surface area contributed by atoms with Crippen molar-refractivity contribution in [2.75, 3.05) is 13.7 Å². The van der Waals surface area contributed by atoms with Crippen molar-refractivity contribution < 1.29 is 17.9 Å². The summed E-state index contributed by atoms with van der Waals surface area (Å²) in [6, 6.07) is 5.38. The summed E-state index contributed by atoms with van der Waals surface area (Å²) in [5.74, 6) is 0.352. The van der Waals surface area contributed by atoms with E-state index in [0.29, 0.717) is 12.5 Å². The molecule has 0 heterocycles. The van der Waals surface area contributed by atoms with Gasteiger partial charge in [0.25, 0.3) is 0 Å². The highest BCUT2D eigenvalue weighted by molar-refractivity contribution is 5.33. The maximum Gasteiger partial charge on any atom is 0.416 e. The Hall–Kier alpha value is -1.07. The lowest BCUT2D eigenvalue weighted by Crippen LogP contribution is -2.36. The monoisotopic (exact) mass is 301 g/mol. The van der Waals surface area contributed by atoms with Gasteiger partial charge < -0.3 is 10.1 Å². The zero-order valence-electron chi connectivity index (χ0n) is 12.4. The first-order chi connectivity index (χ1) is 9.99. The van der Waals surface area contributed by atoms with Crippen molar-refractivity contribution in [2.45, 2.75) is 44.5 Å². The van der Waals surface area contributed by atoms with Crippen LogP contribution in [0, 0.1) is 5.92 Å². The van der Waals surface area contributed by atoms with Gasteiger partial charge in [0.2, 0.25) is 0 Å². The van der Waals surface area contributed by atoms with Gasteiger partial charge in [0.1, 0.15) is 0 Å². The Labute approximate surface area is 123 Å². The molecule has 0 radical (unpaired) electrons. The molecule has 1 aromatic rings. The second-order valence-electron chi connectivity index (χ2n) is 5.55. The average molecular weight is 301 g/mol. The molecule has 2 rings (SSSR count). The van der Waals surface area contributed by atoms with Gasteiger partial charge in [-0.15, -0.1) is 0 Å². The molecule has 0 amide bonds. The smallest absolute Gasteiger partial charge is 0.379 e. The molecular weight excluding hydrogens is 279 g/mol. The molecular formula is C16H22F3NO. The molecule has 118 valence electrons. The molecule has 0 aromatic heterocycles. The van der Waals surface area contributed by atoms with Crippen LogP contribution in [0.3, 0.4) is 0 Å². The number of hydrogen-bond donors (Lipinski definition) is 1. The van der Waals surface area contributed by atoms with Crippen LogP contribution in [0.2, 0.25) is 0 Å². The highest BCUT2D eigenvalue weighted by Gasteiger charge is 2.41. The van der Waals surface area contributed by atoms with Gasteiger partial charge in [0, 0.05) is 7.11 Å². The summed E-state index contributed by atoms with van der Waals surface area (Å²) in [5, 5.41) is 3.25. The van der Waals surface area contributed by atoms with Crippen molar-refractivity contribution in [2.24, 2.45) is 5.92 Å². The fourth-order valence-corrected chi connectivity index (χ4v) is 2.75. The zero-order chi connectivity index (χ0) is 15.5. The van der Waals surface area contributed by atoms with Gasteiger partial charge in [-0.2, -0.15) is 13.2 Å². The van der Waals surface area contributed by atoms with Crippen LogP contribution in [0.1, 0.15) is 43.4 Å². The summed E-state index contributed by atoms with van der Waals surface area (Å²) in [6.45, 7) is 2.67. The molecule has 21 heavy (non-hydrogen) atoms. The van der Waals surface area contributed by atoms with Crippen LogP contribution >= 0.6 is 0 Å². The van der Waals surface area contributed by atoms with E-state index in [-0.39, 0.29) is 11.7 Å². The average Bonchev–Trinajstić information content (AvgIpc) is 3.27. The fraction of sp³-hybridized carbons (Fsp3) is 0.625. The standard InChI is InChI=1S/C16H22F3NO/c1-3-10-20-14(15(21-2)11-8-9-11)12-6-4-5-7-13(12)16(17,18)19/h4-7,11,14-15,20H,3,8-10H2,1-2H3. The molecule has 1 aliphatic rings. The number of benzene rings is 1. The molecule has 2 atom stereocenters. The summed E-state index contributed by atoms with van der Waals surface area (Å²) in [7, 11) is 1.58. The Morgan fingerprint density at radius 3 is 2.48 bits per heavy atom. The Morgan fingerprint density at radius 2 is 1.95 bits per heavy atom. The fourth-order valence-electron chi connectivity index (χ4n) is 2.75. The SMILES string of the molecule is CCCNC(c1ccccc1C(F)(F)F)C(OC)C1CC1. The summed E-state index contributed by atoms with van der Waals surface area (Å²) in [4.78, 5) is 0. The van der Waals surface area contributed by atoms with E-state index < -0.39 is 17.8 Å². The van der Waals surface area contributed by atoms with E-state index in [1.807, 2.05) is 6.92 Å². The minimum absolute atomic E-state index is 0.208. The predicted molar refractivity (Wildman–Crippen MR) is 76.0 cm³/mol. The normalized spacial score (nSPS) is 18.5. The Morgan fingerprint density at radius 1 is 1.29 bits per heavy atom. The van der Waals surface area contributed by atoms with Gasteiger partial charge in [0.05, 0.1) is 17.7 Å². The molecule has 5 heteroatoms. The minimum Gasteiger partial charge on any atom is -0.379 e. The van der Waals surface area contributed by atoms with Crippen LogP contribution in [0.4, 0.5) is 13.2 Å². The molecule has 1 aromatic carbocycles. The Bertz CT molecular complexity index is 457. The lowest BCUT2D eigenvalue weighted by molar-refractivity contribution is -0.138. The van der Waals surface area contributed by atoms with E-state index in [0.717, 1.165) is 25.3 Å². The van der Waals surface area contributed by atoms with E-state index >= 15 is 0 Å². The van der Waals surface area contributed by atoms with E-state index in [2.05, 4.69) is 5.32 Å². The quantitative estimate of drug-likeness (QED) is 0.816. The van der Waals surface area contributed by atoms with E-state index in [1.165, 1.54) is 6.07 Å². The Kier molecular flexibility index (Phi) is 5.27. The molecule has 0 bridgehead atoms. The number of methoxy groups -OCH3 is 1. The van der Waals surface area contributed by atoms with Crippen molar-refractivity contribution in [3.63, 3.8) is 0 Å². The number of alkyl halides is 3. The molecule has 1 fully saturated rings. The number of ether oxygens (including phenoxy) is 1. The third kappa shape index (κ3) is 3.98. The lowest BCUT2D eigenvalue weighted by atomic mass is 9.93. The molecule has 0 aliphatic heterocycles. The molecule has 1 saturated carbocycles. The van der Waals surface area contributed by atoms with Crippen molar-refractivity contribution in [1.82, 2.24) is 5.32 Å². The second kappa shape index (κ2) is 6.79. The highest BCUT2D eigenvalue weighted by atomic mass is 19.4. The molecule has 0 spiro atoms. The second-order valence-corrected chi connectivity index (χ2v) is 5.55. The highest BCUT2D eigenvalue weighted by Crippen LogP contribution is 2.42. The van der Waals surface area contributed by atoms with Crippen LogP contribution in [0.25, 0.3) is 0 Å². The molecule has 2 unspecified atom stereocenters. The van der Waals surface area contributed by atoms with Gasteiger partial charge in [-0.25, -0.2) is 0 Å². The summed E-state index contributed by atoms with van der Waals surface area (Å²) < 4.78 is 45.3. The third-order valence-corrected chi connectivity index (χ3v) is 3.90. The van der Waals surface area contributed by atoms with Gasteiger partial charge >= 0.3 is 6.18 Å². The maximum absolute atomic E-state index is 13.2. The first-order valence-electron chi connectivity index (χ1n) is 7.41. The Balaban J connectivity index is 2.36.